The summed E-state index contributed by atoms with van der Waals surface area (Å²) in [4.78, 5) is 23.9. The van der Waals surface area contributed by atoms with Crippen molar-refractivity contribution in [2.24, 2.45) is 0 Å². The molecule has 116 valence electrons. The van der Waals surface area contributed by atoms with E-state index in [2.05, 4.69) is 6.58 Å². The van der Waals surface area contributed by atoms with Crippen molar-refractivity contribution >= 4 is 12.1 Å². The third kappa shape index (κ3) is 8.49. The Morgan fingerprint density at radius 1 is 1.15 bits per heavy atom. The standard InChI is InChI=1S/C13H23NO6/c1-4-19-13(17)14(5-7-15)6-8-18-9-10-20-12(16)11(2)3/h15H,2,4-10H2,1,3H3. The van der Waals surface area contributed by atoms with Crippen LogP contribution >= 0.6 is 0 Å². The summed E-state index contributed by atoms with van der Waals surface area (Å²) in [5.74, 6) is -0.456. The Kier molecular flexibility index (Phi) is 10.3. The second kappa shape index (κ2) is 11.2. The summed E-state index contributed by atoms with van der Waals surface area (Å²) >= 11 is 0. The Balaban J connectivity index is 3.76. The van der Waals surface area contributed by atoms with E-state index in [1.165, 1.54) is 4.90 Å². The van der Waals surface area contributed by atoms with Crippen LogP contribution in [0.15, 0.2) is 12.2 Å². The highest BCUT2D eigenvalue weighted by Gasteiger charge is 2.13. The number of aliphatic hydroxyl groups excluding tert-OH is 1. The summed E-state index contributed by atoms with van der Waals surface area (Å²) in [5, 5.41) is 8.85. The normalized spacial score (nSPS) is 9.95. The summed E-state index contributed by atoms with van der Waals surface area (Å²) in [6.07, 6.45) is -0.487. The van der Waals surface area contributed by atoms with Crippen molar-refractivity contribution in [1.29, 1.82) is 0 Å². The molecule has 0 bridgehead atoms. The average Bonchev–Trinajstić information content (AvgIpc) is 2.41. The zero-order valence-corrected chi connectivity index (χ0v) is 12.1. The van der Waals surface area contributed by atoms with Gasteiger partial charge in [0.15, 0.2) is 0 Å². The minimum absolute atomic E-state index is 0.130. The van der Waals surface area contributed by atoms with Crippen LogP contribution in [0.25, 0.3) is 0 Å². The fourth-order valence-corrected chi connectivity index (χ4v) is 1.22. The maximum absolute atomic E-state index is 11.5. The van der Waals surface area contributed by atoms with Gasteiger partial charge >= 0.3 is 12.1 Å². The summed E-state index contributed by atoms with van der Waals surface area (Å²) in [5.41, 5.74) is 0.335. The van der Waals surface area contributed by atoms with Gasteiger partial charge in [-0.3, -0.25) is 0 Å². The van der Waals surface area contributed by atoms with Gasteiger partial charge in [-0.1, -0.05) is 6.58 Å². The molecule has 0 heterocycles. The summed E-state index contributed by atoms with van der Waals surface area (Å²) in [7, 11) is 0. The lowest BCUT2D eigenvalue weighted by atomic mass is 10.4. The summed E-state index contributed by atoms with van der Waals surface area (Å²) in [6.45, 7) is 7.98. The first-order chi connectivity index (χ1) is 9.52. The van der Waals surface area contributed by atoms with E-state index in [9.17, 15) is 9.59 Å². The molecule has 0 aliphatic heterocycles. The van der Waals surface area contributed by atoms with Crippen LogP contribution in [0.5, 0.6) is 0 Å². The van der Waals surface area contributed by atoms with Crippen molar-refractivity contribution in [3.8, 4) is 0 Å². The lowest BCUT2D eigenvalue weighted by Crippen LogP contribution is -2.36. The van der Waals surface area contributed by atoms with Crippen LogP contribution in [0.2, 0.25) is 0 Å². The lowest BCUT2D eigenvalue weighted by molar-refractivity contribution is -0.140. The van der Waals surface area contributed by atoms with Crippen molar-refractivity contribution in [2.45, 2.75) is 13.8 Å². The Bertz CT molecular complexity index is 318. The molecule has 0 aromatic rings. The molecule has 0 saturated carbocycles. The Labute approximate surface area is 119 Å². The third-order valence-electron chi connectivity index (χ3n) is 2.21. The monoisotopic (exact) mass is 289 g/mol. The van der Waals surface area contributed by atoms with Crippen molar-refractivity contribution in [2.75, 3.05) is 46.1 Å². The number of aliphatic hydroxyl groups is 1. The molecule has 0 fully saturated rings. The number of nitrogens with zero attached hydrogens (tertiary/aromatic N) is 1. The van der Waals surface area contributed by atoms with Crippen LogP contribution in [0.1, 0.15) is 13.8 Å². The fourth-order valence-electron chi connectivity index (χ4n) is 1.22. The molecule has 0 spiro atoms. The number of hydrogen-bond acceptors (Lipinski definition) is 6. The molecule has 0 aliphatic carbocycles. The summed E-state index contributed by atoms with van der Waals surface area (Å²) in [6, 6.07) is 0. The quantitative estimate of drug-likeness (QED) is 0.359. The first-order valence-electron chi connectivity index (χ1n) is 6.45. The van der Waals surface area contributed by atoms with E-state index >= 15 is 0 Å². The SMILES string of the molecule is C=C(C)C(=O)OCCOCCN(CCO)C(=O)OCC. The Morgan fingerprint density at radius 3 is 2.40 bits per heavy atom. The van der Waals surface area contributed by atoms with E-state index in [0.29, 0.717) is 12.1 Å². The molecule has 0 aromatic carbocycles. The smallest absolute Gasteiger partial charge is 0.409 e. The predicted octanol–water partition coefficient (Wildman–Crippen LogP) is 0.573. The van der Waals surface area contributed by atoms with Gasteiger partial charge in [0.05, 0.1) is 26.4 Å². The number of esters is 1. The van der Waals surface area contributed by atoms with Crippen molar-refractivity contribution in [1.82, 2.24) is 4.90 Å². The lowest BCUT2D eigenvalue weighted by Gasteiger charge is -2.20. The van der Waals surface area contributed by atoms with Crippen LogP contribution in [-0.4, -0.2) is 68.2 Å². The van der Waals surface area contributed by atoms with E-state index in [-0.39, 0.29) is 39.6 Å². The maximum Gasteiger partial charge on any atom is 0.409 e. The molecule has 0 unspecified atom stereocenters. The van der Waals surface area contributed by atoms with E-state index < -0.39 is 12.1 Å². The van der Waals surface area contributed by atoms with E-state index in [1.54, 1.807) is 13.8 Å². The number of hydrogen-bond donors (Lipinski definition) is 1. The molecular formula is C13H23NO6. The highest BCUT2D eigenvalue weighted by Crippen LogP contribution is 1.95. The first kappa shape index (κ1) is 18.4. The highest BCUT2D eigenvalue weighted by atomic mass is 16.6. The van der Waals surface area contributed by atoms with Crippen LogP contribution in [0.3, 0.4) is 0 Å². The van der Waals surface area contributed by atoms with Gasteiger partial charge in [0.2, 0.25) is 0 Å². The molecule has 0 aliphatic rings. The van der Waals surface area contributed by atoms with E-state index in [0.717, 1.165) is 0 Å². The van der Waals surface area contributed by atoms with Gasteiger partial charge in [-0.2, -0.15) is 0 Å². The minimum atomic E-state index is -0.487. The number of carbonyl (C=O) groups is 2. The highest BCUT2D eigenvalue weighted by molar-refractivity contribution is 5.86. The maximum atomic E-state index is 11.5. The average molecular weight is 289 g/mol. The van der Waals surface area contributed by atoms with Gasteiger partial charge in [-0.15, -0.1) is 0 Å². The van der Waals surface area contributed by atoms with E-state index in [4.69, 9.17) is 19.3 Å². The zero-order chi connectivity index (χ0) is 15.4. The van der Waals surface area contributed by atoms with E-state index in [1.807, 2.05) is 0 Å². The molecule has 0 radical (unpaired) electrons. The van der Waals surface area contributed by atoms with Gasteiger partial charge < -0.3 is 24.2 Å². The van der Waals surface area contributed by atoms with Gasteiger partial charge in [0.25, 0.3) is 0 Å². The molecule has 1 N–H and O–H groups in total. The van der Waals surface area contributed by atoms with Crippen molar-refractivity contribution < 1.29 is 28.9 Å². The minimum Gasteiger partial charge on any atom is -0.460 e. The summed E-state index contributed by atoms with van der Waals surface area (Å²) < 4.78 is 14.9. The van der Waals surface area contributed by atoms with Gasteiger partial charge in [-0.25, -0.2) is 9.59 Å². The molecule has 1 amide bonds. The number of rotatable bonds is 10. The molecule has 0 saturated heterocycles. The second-order valence-electron chi connectivity index (χ2n) is 3.94. The molecule has 20 heavy (non-hydrogen) atoms. The van der Waals surface area contributed by atoms with Crippen LogP contribution < -0.4 is 0 Å². The van der Waals surface area contributed by atoms with Crippen LogP contribution in [0.4, 0.5) is 4.79 Å². The fraction of sp³-hybridized carbons (Fsp3) is 0.692. The third-order valence-corrected chi connectivity index (χ3v) is 2.21. The number of carbonyl (C=O) groups excluding carboxylic acids is 2. The van der Waals surface area contributed by atoms with Crippen LogP contribution in [0, 0.1) is 0 Å². The largest absolute Gasteiger partial charge is 0.460 e. The van der Waals surface area contributed by atoms with Gasteiger partial charge in [-0.05, 0) is 13.8 Å². The molecule has 0 rings (SSSR count). The Hall–Kier alpha value is -1.60. The molecule has 7 heteroatoms. The number of ether oxygens (including phenoxy) is 3. The number of amides is 1. The van der Waals surface area contributed by atoms with Gasteiger partial charge in [0.1, 0.15) is 6.61 Å². The second-order valence-corrected chi connectivity index (χ2v) is 3.94. The topological polar surface area (TPSA) is 85.3 Å². The molecule has 0 aromatic heterocycles. The molecular weight excluding hydrogens is 266 g/mol. The van der Waals surface area contributed by atoms with Gasteiger partial charge in [0, 0.05) is 18.7 Å². The molecule has 0 atom stereocenters. The zero-order valence-electron chi connectivity index (χ0n) is 12.1. The predicted molar refractivity (Wildman–Crippen MR) is 72.3 cm³/mol. The van der Waals surface area contributed by atoms with Crippen molar-refractivity contribution in [3.05, 3.63) is 12.2 Å². The van der Waals surface area contributed by atoms with Crippen molar-refractivity contribution in [3.63, 3.8) is 0 Å². The van der Waals surface area contributed by atoms with Crippen LogP contribution in [-0.2, 0) is 19.0 Å². The first-order valence-corrected chi connectivity index (χ1v) is 6.45. The Morgan fingerprint density at radius 2 is 1.85 bits per heavy atom. The molecule has 7 nitrogen and oxygen atoms in total.